The van der Waals surface area contributed by atoms with Crippen LogP contribution in [0.15, 0.2) is 54.6 Å². The maximum Gasteiger partial charge on any atom is 0.412 e. The molecule has 7 nitrogen and oxygen atoms in total. The molecule has 29 heavy (non-hydrogen) atoms. The molecule has 2 aromatic carbocycles. The monoisotopic (exact) mass is 506 g/mol. The summed E-state index contributed by atoms with van der Waals surface area (Å²) < 4.78 is 6.42. The maximum atomic E-state index is 12.5. The second-order valence-electron chi connectivity index (χ2n) is 6.80. The van der Waals surface area contributed by atoms with E-state index in [-0.39, 0.29) is 5.75 Å². The Balaban J connectivity index is 2.33. The first-order valence-corrected chi connectivity index (χ1v) is 9.58. The molecule has 0 spiro atoms. The molecule has 0 saturated heterocycles. The number of rotatable bonds is 6. The number of hydrogen-bond donors (Lipinski definition) is 3. The van der Waals surface area contributed by atoms with Gasteiger partial charge in [-0.3, -0.25) is 5.32 Å². The zero-order chi connectivity index (χ0) is 21.6. The highest BCUT2D eigenvalue weighted by atomic mass is 127. The van der Waals surface area contributed by atoms with Gasteiger partial charge in [0.2, 0.25) is 0 Å². The molecular weight excluding hydrogens is 487 g/mol. The predicted molar refractivity (Wildman–Crippen MR) is 115 cm³/mol. The Morgan fingerprint density at radius 1 is 1.24 bits per heavy atom. The second-order valence-corrected chi connectivity index (χ2v) is 8.04. The number of anilines is 1. The number of hydrogen-bond acceptors (Lipinski definition) is 5. The van der Waals surface area contributed by atoms with Gasteiger partial charge in [0, 0.05) is 26.3 Å². The first kappa shape index (κ1) is 22.2. The molecule has 2 aromatic rings. The summed E-state index contributed by atoms with van der Waals surface area (Å²) in [7, 11) is 0. The minimum atomic E-state index is -1.13. The Labute approximate surface area is 181 Å². The molecule has 0 unspecified atom stereocenters. The highest BCUT2D eigenvalue weighted by Crippen LogP contribution is 2.42. The van der Waals surface area contributed by atoms with Crippen molar-refractivity contribution in [2.45, 2.75) is 20.0 Å². The van der Waals surface area contributed by atoms with Crippen LogP contribution >= 0.6 is 22.6 Å². The van der Waals surface area contributed by atoms with Crippen molar-refractivity contribution in [3.05, 3.63) is 69.3 Å². The molecule has 2 rings (SSSR count). The molecule has 0 aliphatic heterocycles. The summed E-state index contributed by atoms with van der Waals surface area (Å²) in [5.41, 5.74) is 0.290. The van der Waals surface area contributed by atoms with Crippen LogP contribution in [-0.2, 0) is 9.53 Å². The van der Waals surface area contributed by atoms with Gasteiger partial charge in [0.05, 0.1) is 11.6 Å². The van der Waals surface area contributed by atoms with E-state index in [0.29, 0.717) is 16.8 Å². The molecule has 1 atom stereocenters. The van der Waals surface area contributed by atoms with E-state index in [1.165, 1.54) is 12.1 Å². The number of benzene rings is 2. The van der Waals surface area contributed by atoms with Gasteiger partial charge in [0.15, 0.2) is 0 Å². The number of carboxylic acid groups (broad SMARTS) is 1. The molecule has 0 bridgehead atoms. The number of nitriles is 1. The van der Waals surface area contributed by atoms with Gasteiger partial charge in [-0.25, -0.2) is 9.59 Å². The molecule has 8 heteroatoms. The topological polar surface area (TPSA) is 120 Å². The van der Waals surface area contributed by atoms with Crippen LogP contribution < -0.4 is 5.32 Å². The lowest BCUT2D eigenvalue weighted by molar-refractivity contribution is -0.131. The Hall–Kier alpha value is -3.06. The van der Waals surface area contributed by atoms with Gasteiger partial charge in [-0.15, -0.1) is 0 Å². The molecule has 3 N–H and O–H groups in total. The van der Waals surface area contributed by atoms with Crippen molar-refractivity contribution in [3.8, 4) is 11.8 Å². The number of carboxylic acids is 1. The van der Waals surface area contributed by atoms with Crippen LogP contribution in [0.5, 0.6) is 5.75 Å². The highest BCUT2D eigenvalue weighted by Gasteiger charge is 2.34. The number of nitrogens with zero attached hydrogens (tertiary/aromatic N) is 1. The second kappa shape index (κ2) is 9.43. The van der Waals surface area contributed by atoms with Crippen molar-refractivity contribution in [2.75, 3.05) is 5.32 Å². The lowest BCUT2D eigenvalue weighted by Gasteiger charge is -2.32. The largest absolute Gasteiger partial charge is 0.508 e. The van der Waals surface area contributed by atoms with E-state index in [4.69, 9.17) is 15.1 Å². The summed E-state index contributed by atoms with van der Waals surface area (Å²) in [5, 5.41) is 30.7. The number of ether oxygens (including phenoxy) is 1. The molecule has 0 radical (unpaired) electrons. The van der Waals surface area contributed by atoms with Crippen LogP contribution in [0.1, 0.15) is 31.1 Å². The van der Waals surface area contributed by atoms with Gasteiger partial charge in [0.25, 0.3) is 0 Å². The normalized spacial score (nSPS) is 12.2. The van der Waals surface area contributed by atoms with E-state index < -0.39 is 23.6 Å². The fourth-order valence-electron chi connectivity index (χ4n) is 2.61. The van der Waals surface area contributed by atoms with Gasteiger partial charge < -0.3 is 14.9 Å². The predicted octanol–water partition coefficient (Wildman–Crippen LogP) is 4.83. The fraction of sp³-hybridized carbons (Fsp3) is 0.190. The van der Waals surface area contributed by atoms with Crippen molar-refractivity contribution in [1.29, 1.82) is 5.26 Å². The van der Waals surface area contributed by atoms with Crippen molar-refractivity contribution in [2.24, 2.45) is 5.41 Å². The standard InChI is InChI=1S/C21H19IN2O5/c1-21(2,10-9-18(26)27)19(16-11-14(22)5-8-17(16)25)29-20(28)24-15-6-3-13(12-23)4-7-15/h3-11,19,25H,1-2H3,(H,24,28)(H,26,27)/b10-9+/t19-/m1/s1. The van der Waals surface area contributed by atoms with Crippen LogP contribution in [-0.4, -0.2) is 22.3 Å². The number of halogens is 1. The minimum absolute atomic E-state index is 0.0709. The van der Waals surface area contributed by atoms with Gasteiger partial charge in [-0.05, 0) is 65.1 Å². The molecular formula is C21H19IN2O5. The Morgan fingerprint density at radius 2 is 1.90 bits per heavy atom. The molecule has 0 heterocycles. The summed E-state index contributed by atoms with van der Waals surface area (Å²) >= 11 is 2.07. The molecule has 0 aromatic heterocycles. The summed E-state index contributed by atoms with van der Waals surface area (Å²) in [6.45, 7) is 3.40. The van der Waals surface area contributed by atoms with E-state index in [1.807, 2.05) is 6.07 Å². The Kier molecular flexibility index (Phi) is 7.23. The van der Waals surface area contributed by atoms with Gasteiger partial charge in [0.1, 0.15) is 11.9 Å². The van der Waals surface area contributed by atoms with Crippen LogP contribution in [0.2, 0.25) is 0 Å². The lowest BCUT2D eigenvalue weighted by Crippen LogP contribution is -2.28. The van der Waals surface area contributed by atoms with Crippen LogP contribution in [0, 0.1) is 20.3 Å². The van der Waals surface area contributed by atoms with Crippen LogP contribution in [0.25, 0.3) is 0 Å². The van der Waals surface area contributed by atoms with E-state index in [0.717, 1.165) is 9.65 Å². The number of carbonyl (C=O) groups is 2. The Bertz CT molecular complexity index is 978. The molecule has 0 aliphatic rings. The summed E-state index contributed by atoms with van der Waals surface area (Å²) in [6.07, 6.45) is 0.634. The van der Waals surface area contributed by atoms with Crippen molar-refractivity contribution in [1.82, 2.24) is 0 Å². The minimum Gasteiger partial charge on any atom is -0.508 e. The van der Waals surface area contributed by atoms with Crippen LogP contribution in [0.3, 0.4) is 0 Å². The zero-order valence-corrected chi connectivity index (χ0v) is 17.9. The SMILES string of the molecule is CC(C)(/C=C/C(=O)O)[C@H](OC(=O)Nc1ccc(C#N)cc1)c1cc(I)ccc1O. The van der Waals surface area contributed by atoms with Gasteiger partial charge in [-0.1, -0.05) is 19.9 Å². The third kappa shape index (κ3) is 6.22. The first-order chi connectivity index (χ1) is 13.6. The quantitative estimate of drug-likeness (QED) is 0.382. The van der Waals surface area contributed by atoms with Crippen molar-refractivity contribution >= 4 is 40.3 Å². The number of aromatic hydroxyl groups is 1. The fourth-order valence-corrected chi connectivity index (χ4v) is 3.12. The van der Waals surface area contributed by atoms with E-state index in [1.54, 1.807) is 50.2 Å². The number of phenolic OH excluding ortho intramolecular Hbond substituents is 1. The molecule has 1 amide bonds. The number of nitrogens with one attached hydrogen (secondary N) is 1. The summed E-state index contributed by atoms with van der Waals surface area (Å²) in [4.78, 5) is 23.5. The Morgan fingerprint density at radius 3 is 2.48 bits per heavy atom. The van der Waals surface area contributed by atoms with Crippen molar-refractivity contribution < 1.29 is 24.5 Å². The van der Waals surface area contributed by atoms with Crippen molar-refractivity contribution in [3.63, 3.8) is 0 Å². The molecule has 0 aliphatic carbocycles. The molecule has 0 fully saturated rings. The van der Waals surface area contributed by atoms with Gasteiger partial charge in [-0.2, -0.15) is 5.26 Å². The molecule has 150 valence electrons. The summed E-state index contributed by atoms with van der Waals surface area (Å²) in [6, 6.07) is 13.1. The van der Waals surface area contributed by atoms with E-state index in [2.05, 4.69) is 27.9 Å². The third-order valence-corrected chi connectivity index (χ3v) is 4.76. The summed E-state index contributed by atoms with van der Waals surface area (Å²) in [5.74, 6) is -1.20. The number of carbonyl (C=O) groups excluding carboxylic acids is 1. The smallest absolute Gasteiger partial charge is 0.412 e. The maximum absolute atomic E-state index is 12.5. The number of aliphatic carboxylic acids is 1. The average molecular weight is 506 g/mol. The highest BCUT2D eigenvalue weighted by molar-refractivity contribution is 14.1. The van der Waals surface area contributed by atoms with Crippen LogP contribution in [0.4, 0.5) is 10.5 Å². The zero-order valence-electron chi connectivity index (χ0n) is 15.7. The molecule has 0 saturated carbocycles. The number of amides is 1. The van der Waals surface area contributed by atoms with E-state index >= 15 is 0 Å². The average Bonchev–Trinajstić information content (AvgIpc) is 2.67. The number of phenols is 1. The first-order valence-electron chi connectivity index (χ1n) is 8.51. The lowest BCUT2D eigenvalue weighted by atomic mass is 9.81. The van der Waals surface area contributed by atoms with E-state index in [9.17, 15) is 14.7 Å². The van der Waals surface area contributed by atoms with Gasteiger partial charge >= 0.3 is 12.1 Å². The third-order valence-electron chi connectivity index (χ3n) is 4.09.